The summed E-state index contributed by atoms with van der Waals surface area (Å²) < 4.78 is 11.1. The fraction of sp³-hybridized carbons (Fsp3) is 1.00. The van der Waals surface area contributed by atoms with Crippen LogP contribution in [0, 0.1) is 5.92 Å². The molecule has 0 aromatic carbocycles. The molecule has 0 aromatic rings. The molecular formula is C11H22N2O2. The smallest absolute Gasteiger partial charge is 0.0856 e. The first-order valence-electron chi connectivity index (χ1n) is 5.98. The molecule has 0 aromatic heterocycles. The first kappa shape index (κ1) is 11.3. The van der Waals surface area contributed by atoms with Crippen LogP contribution in [0.1, 0.15) is 13.3 Å². The highest BCUT2D eigenvalue weighted by molar-refractivity contribution is 4.87. The highest BCUT2D eigenvalue weighted by Crippen LogP contribution is 2.20. The maximum absolute atomic E-state index is 6.24. The van der Waals surface area contributed by atoms with Crippen LogP contribution in [0.4, 0.5) is 0 Å². The molecule has 0 bridgehead atoms. The van der Waals surface area contributed by atoms with Crippen LogP contribution in [0.2, 0.25) is 0 Å². The summed E-state index contributed by atoms with van der Waals surface area (Å²) in [7, 11) is 0. The Morgan fingerprint density at radius 1 is 1.47 bits per heavy atom. The monoisotopic (exact) mass is 214 g/mol. The van der Waals surface area contributed by atoms with E-state index in [9.17, 15) is 0 Å². The second kappa shape index (κ2) is 5.25. The number of morpholine rings is 1. The predicted octanol–water partition coefficient (Wildman–Crippen LogP) is 0.0709. The van der Waals surface area contributed by atoms with Crippen molar-refractivity contribution in [3.8, 4) is 0 Å². The summed E-state index contributed by atoms with van der Waals surface area (Å²) in [5, 5.41) is 0. The van der Waals surface area contributed by atoms with E-state index < -0.39 is 0 Å². The van der Waals surface area contributed by atoms with E-state index in [2.05, 4.69) is 11.8 Å². The van der Waals surface area contributed by atoms with Crippen LogP contribution < -0.4 is 5.73 Å². The van der Waals surface area contributed by atoms with Gasteiger partial charge in [0.1, 0.15) is 0 Å². The zero-order chi connectivity index (χ0) is 10.7. The molecule has 3 unspecified atom stereocenters. The van der Waals surface area contributed by atoms with Crippen LogP contribution in [0.5, 0.6) is 0 Å². The predicted molar refractivity (Wildman–Crippen MR) is 58.8 cm³/mol. The molecule has 2 aliphatic rings. The topological polar surface area (TPSA) is 47.7 Å². The average molecular weight is 214 g/mol. The molecule has 2 fully saturated rings. The van der Waals surface area contributed by atoms with Crippen molar-refractivity contribution in [2.75, 3.05) is 39.5 Å². The minimum atomic E-state index is 0.141. The molecule has 2 N–H and O–H groups in total. The van der Waals surface area contributed by atoms with Gasteiger partial charge in [-0.05, 0) is 13.0 Å². The molecule has 4 heteroatoms. The lowest BCUT2D eigenvalue weighted by molar-refractivity contribution is -0.0481. The number of rotatable bonds is 3. The molecule has 0 spiro atoms. The van der Waals surface area contributed by atoms with Crippen LogP contribution in [0.3, 0.4) is 0 Å². The van der Waals surface area contributed by atoms with Gasteiger partial charge in [0.15, 0.2) is 0 Å². The van der Waals surface area contributed by atoms with Crippen molar-refractivity contribution in [3.05, 3.63) is 0 Å². The standard InChI is InChI=1S/C11H22N2O2/c1-2-13-4-6-15-10(7-13)11(12)9-3-5-14-8-9/h9-11H,2-8,12H2,1H3. The van der Waals surface area contributed by atoms with Crippen molar-refractivity contribution < 1.29 is 9.47 Å². The summed E-state index contributed by atoms with van der Waals surface area (Å²) in [4.78, 5) is 2.41. The lowest BCUT2D eigenvalue weighted by atomic mass is 9.94. The van der Waals surface area contributed by atoms with Gasteiger partial charge in [0.05, 0.1) is 19.3 Å². The number of hydrogen-bond donors (Lipinski definition) is 1. The van der Waals surface area contributed by atoms with Gasteiger partial charge in [-0.25, -0.2) is 0 Å². The molecule has 0 aliphatic carbocycles. The molecule has 88 valence electrons. The first-order valence-corrected chi connectivity index (χ1v) is 5.98. The second-order valence-electron chi connectivity index (χ2n) is 4.50. The molecular weight excluding hydrogens is 192 g/mol. The maximum Gasteiger partial charge on any atom is 0.0856 e. The lowest BCUT2D eigenvalue weighted by Crippen LogP contribution is -2.53. The third-order valence-electron chi connectivity index (χ3n) is 3.56. The normalized spacial score (nSPS) is 35.6. The third kappa shape index (κ3) is 2.69. The quantitative estimate of drug-likeness (QED) is 0.722. The summed E-state index contributed by atoms with van der Waals surface area (Å²) in [5.74, 6) is 0.492. The zero-order valence-corrected chi connectivity index (χ0v) is 9.52. The van der Waals surface area contributed by atoms with E-state index in [4.69, 9.17) is 15.2 Å². The average Bonchev–Trinajstić information content (AvgIpc) is 2.81. The minimum Gasteiger partial charge on any atom is -0.381 e. The zero-order valence-electron chi connectivity index (χ0n) is 9.52. The van der Waals surface area contributed by atoms with Gasteiger partial charge in [-0.3, -0.25) is 4.90 Å². The second-order valence-corrected chi connectivity index (χ2v) is 4.50. The summed E-state index contributed by atoms with van der Waals surface area (Å²) in [6.45, 7) is 7.80. The van der Waals surface area contributed by atoms with E-state index in [0.717, 1.165) is 45.9 Å². The molecule has 2 rings (SSSR count). The fourth-order valence-electron chi connectivity index (χ4n) is 2.41. The number of ether oxygens (including phenoxy) is 2. The van der Waals surface area contributed by atoms with Gasteiger partial charge >= 0.3 is 0 Å². The summed E-state index contributed by atoms with van der Waals surface area (Å²) in [6.07, 6.45) is 1.29. The molecule has 15 heavy (non-hydrogen) atoms. The van der Waals surface area contributed by atoms with E-state index in [1.807, 2.05) is 0 Å². The third-order valence-corrected chi connectivity index (χ3v) is 3.56. The van der Waals surface area contributed by atoms with Gasteiger partial charge in [-0.2, -0.15) is 0 Å². The molecule has 2 heterocycles. The Morgan fingerprint density at radius 2 is 2.33 bits per heavy atom. The Labute approximate surface area is 91.7 Å². The molecule has 2 aliphatic heterocycles. The Kier molecular flexibility index (Phi) is 3.97. The molecule has 3 atom stereocenters. The summed E-state index contributed by atoms with van der Waals surface area (Å²) in [5.41, 5.74) is 6.24. The van der Waals surface area contributed by atoms with Crippen molar-refractivity contribution in [1.29, 1.82) is 0 Å². The van der Waals surface area contributed by atoms with Gasteiger partial charge in [0, 0.05) is 31.7 Å². The van der Waals surface area contributed by atoms with Gasteiger partial charge in [-0.1, -0.05) is 6.92 Å². The molecule has 2 saturated heterocycles. The highest BCUT2D eigenvalue weighted by Gasteiger charge is 2.32. The molecule has 0 radical (unpaired) electrons. The van der Waals surface area contributed by atoms with E-state index in [1.165, 1.54) is 0 Å². The maximum atomic E-state index is 6.24. The number of likely N-dealkylation sites (N-methyl/N-ethyl adjacent to an activating group) is 1. The number of nitrogens with zero attached hydrogens (tertiary/aromatic N) is 1. The summed E-state index contributed by atoms with van der Waals surface area (Å²) in [6, 6.07) is 0.141. The largest absolute Gasteiger partial charge is 0.381 e. The van der Waals surface area contributed by atoms with Crippen molar-refractivity contribution in [2.45, 2.75) is 25.5 Å². The van der Waals surface area contributed by atoms with Crippen molar-refractivity contribution in [1.82, 2.24) is 4.90 Å². The number of hydrogen-bond acceptors (Lipinski definition) is 4. The van der Waals surface area contributed by atoms with Gasteiger partial charge in [0.25, 0.3) is 0 Å². The lowest BCUT2D eigenvalue weighted by Gasteiger charge is -2.36. The Bertz CT molecular complexity index is 195. The Hall–Kier alpha value is -0.160. The van der Waals surface area contributed by atoms with Gasteiger partial charge < -0.3 is 15.2 Å². The van der Waals surface area contributed by atoms with Crippen molar-refractivity contribution in [3.63, 3.8) is 0 Å². The Balaban J connectivity index is 1.85. The van der Waals surface area contributed by atoms with Gasteiger partial charge in [0.2, 0.25) is 0 Å². The van der Waals surface area contributed by atoms with Crippen LogP contribution in [-0.2, 0) is 9.47 Å². The van der Waals surface area contributed by atoms with Crippen LogP contribution >= 0.6 is 0 Å². The SMILES string of the molecule is CCN1CCOC(C(N)C2CCOC2)C1. The van der Waals surface area contributed by atoms with E-state index in [-0.39, 0.29) is 12.1 Å². The Morgan fingerprint density at radius 3 is 3.00 bits per heavy atom. The van der Waals surface area contributed by atoms with E-state index in [1.54, 1.807) is 0 Å². The fourth-order valence-corrected chi connectivity index (χ4v) is 2.41. The summed E-state index contributed by atoms with van der Waals surface area (Å²) >= 11 is 0. The van der Waals surface area contributed by atoms with Crippen molar-refractivity contribution in [2.24, 2.45) is 11.7 Å². The molecule has 0 saturated carbocycles. The van der Waals surface area contributed by atoms with Gasteiger partial charge in [-0.15, -0.1) is 0 Å². The van der Waals surface area contributed by atoms with Crippen LogP contribution in [-0.4, -0.2) is 56.5 Å². The van der Waals surface area contributed by atoms with Crippen LogP contribution in [0.25, 0.3) is 0 Å². The van der Waals surface area contributed by atoms with Crippen molar-refractivity contribution >= 4 is 0 Å². The number of nitrogens with two attached hydrogens (primary N) is 1. The molecule has 4 nitrogen and oxygen atoms in total. The minimum absolute atomic E-state index is 0.141. The van der Waals surface area contributed by atoms with E-state index in [0.29, 0.717) is 5.92 Å². The highest BCUT2D eigenvalue weighted by atomic mass is 16.5. The van der Waals surface area contributed by atoms with Crippen LogP contribution in [0.15, 0.2) is 0 Å². The first-order chi connectivity index (χ1) is 7.31. The van der Waals surface area contributed by atoms with E-state index >= 15 is 0 Å². The molecule has 0 amide bonds.